The number of hydrogen-bond donors (Lipinski definition) is 2. The minimum atomic E-state index is -0.265. The van der Waals surface area contributed by atoms with Crippen LogP contribution in [0.4, 0.5) is 0 Å². The van der Waals surface area contributed by atoms with Crippen molar-refractivity contribution in [2.24, 2.45) is 0 Å². The summed E-state index contributed by atoms with van der Waals surface area (Å²) in [6.45, 7) is 0.454. The number of halogens is 1. The van der Waals surface area contributed by atoms with Crippen molar-refractivity contribution in [1.82, 2.24) is 10.3 Å². The van der Waals surface area contributed by atoms with Gasteiger partial charge in [0.15, 0.2) is 0 Å². The van der Waals surface area contributed by atoms with E-state index in [0.717, 1.165) is 16.7 Å². The molecule has 2 aromatic heterocycles. The number of carbonyl (C=O) groups excluding carboxylic acids is 1. The van der Waals surface area contributed by atoms with Crippen LogP contribution < -0.4 is 10.9 Å². The fourth-order valence-electron chi connectivity index (χ4n) is 2.15. The first kappa shape index (κ1) is 14.6. The summed E-state index contributed by atoms with van der Waals surface area (Å²) in [6.07, 6.45) is 1.99. The molecule has 0 spiro atoms. The quantitative estimate of drug-likeness (QED) is 0.751. The first-order chi connectivity index (χ1) is 10.6. The summed E-state index contributed by atoms with van der Waals surface area (Å²) >= 11 is 3.10. The van der Waals surface area contributed by atoms with Gasteiger partial charge in [-0.25, -0.2) is 0 Å². The lowest BCUT2D eigenvalue weighted by atomic mass is 10.2. The molecular formula is C16H13BrN2O3. The molecule has 0 aliphatic rings. The van der Waals surface area contributed by atoms with Gasteiger partial charge in [0.25, 0.3) is 11.5 Å². The molecule has 3 rings (SSSR count). The molecule has 0 radical (unpaired) electrons. The van der Waals surface area contributed by atoms with Gasteiger partial charge in [-0.05, 0) is 34.1 Å². The van der Waals surface area contributed by atoms with Crippen molar-refractivity contribution in [3.05, 3.63) is 68.7 Å². The summed E-state index contributed by atoms with van der Waals surface area (Å²) < 4.78 is 6.02. The second-order valence-electron chi connectivity index (χ2n) is 4.82. The van der Waals surface area contributed by atoms with E-state index in [1.807, 2.05) is 30.3 Å². The van der Waals surface area contributed by atoms with Crippen molar-refractivity contribution in [1.29, 1.82) is 0 Å². The monoisotopic (exact) mass is 360 g/mol. The van der Waals surface area contributed by atoms with Crippen LogP contribution in [0.2, 0.25) is 0 Å². The summed E-state index contributed by atoms with van der Waals surface area (Å²) in [5, 5.41) is 3.85. The minimum Gasteiger partial charge on any atom is -0.461 e. The summed E-state index contributed by atoms with van der Waals surface area (Å²) in [7, 11) is 0. The average Bonchev–Trinajstić information content (AvgIpc) is 2.92. The van der Waals surface area contributed by atoms with Crippen LogP contribution in [-0.2, 0) is 6.42 Å². The van der Waals surface area contributed by atoms with E-state index in [-0.39, 0.29) is 11.5 Å². The molecule has 0 aliphatic heterocycles. The fraction of sp³-hybridized carbons (Fsp3) is 0.125. The Morgan fingerprint density at radius 2 is 2.09 bits per heavy atom. The normalized spacial score (nSPS) is 10.8. The molecule has 0 unspecified atom stereocenters. The van der Waals surface area contributed by atoms with Crippen LogP contribution >= 0.6 is 15.9 Å². The van der Waals surface area contributed by atoms with Crippen LogP contribution in [0.1, 0.15) is 16.1 Å². The molecule has 0 saturated carbocycles. The number of para-hydroxylation sites is 1. The van der Waals surface area contributed by atoms with E-state index in [0.29, 0.717) is 23.0 Å². The van der Waals surface area contributed by atoms with Gasteiger partial charge in [0.05, 0.1) is 10.0 Å². The first-order valence-corrected chi connectivity index (χ1v) is 7.56. The van der Waals surface area contributed by atoms with E-state index in [4.69, 9.17) is 4.42 Å². The summed E-state index contributed by atoms with van der Waals surface area (Å²) in [4.78, 5) is 25.7. The van der Waals surface area contributed by atoms with Gasteiger partial charge in [0.2, 0.25) is 0 Å². The smallest absolute Gasteiger partial charge is 0.262 e. The predicted molar refractivity (Wildman–Crippen MR) is 87.0 cm³/mol. The highest BCUT2D eigenvalue weighted by Gasteiger charge is 2.08. The molecule has 0 fully saturated rings. The molecule has 2 heterocycles. The Kier molecular flexibility index (Phi) is 4.11. The molecule has 0 bridgehead atoms. The number of amides is 1. The molecule has 2 N–H and O–H groups in total. The van der Waals surface area contributed by atoms with E-state index in [9.17, 15) is 9.59 Å². The lowest BCUT2D eigenvalue weighted by Gasteiger charge is -2.04. The van der Waals surface area contributed by atoms with Crippen molar-refractivity contribution < 1.29 is 9.21 Å². The zero-order chi connectivity index (χ0) is 15.5. The van der Waals surface area contributed by atoms with Gasteiger partial charge in [-0.2, -0.15) is 0 Å². The van der Waals surface area contributed by atoms with Crippen LogP contribution in [0.25, 0.3) is 11.0 Å². The van der Waals surface area contributed by atoms with Crippen LogP contribution in [0.5, 0.6) is 0 Å². The number of fused-ring (bicyclic) bond motifs is 1. The topological polar surface area (TPSA) is 75.1 Å². The average molecular weight is 361 g/mol. The number of pyridine rings is 1. The van der Waals surface area contributed by atoms with Crippen molar-refractivity contribution in [2.75, 3.05) is 6.54 Å². The molecule has 112 valence electrons. The van der Waals surface area contributed by atoms with E-state index in [2.05, 4.69) is 26.2 Å². The Balaban J connectivity index is 1.61. The van der Waals surface area contributed by atoms with Crippen molar-refractivity contribution in [3.63, 3.8) is 0 Å². The molecule has 22 heavy (non-hydrogen) atoms. The van der Waals surface area contributed by atoms with Gasteiger partial charge in [0.1, 0.15) is 11.3 Å². The number of carbonyl (C=O) groups is 1. The summed E-state index contributed by atoms with van der Waals surface area (Å²) in [6, 6.07) is 11.2. The Hall–Kier alpha value is -2.34. The summed E-state index contributed by atoms with van der Waals surface area (Å²) in [5.74, 6) is 0.581. The highest BCUT2D eigenvalue weighted by Crippen LogP contribution is 2.18. The third-order valence-electron chi connectivity index (χ3n) is 3.25. The number of hydrogen-bond acceptors (Lipinski definition) is 3. The number of benzene rings is 1. The number of H-pyrrole nitrogens is 1. The molecule has 5 nitrogen and oxygen atoms in total. The molecule has 6 heteroatoms. The number of furan rings is 1. The molecule has 3 aromatic rings. The largest absolute Gasteiger partial charge is 0.461 e. The molecule has 0 saturated heterocycles. The molecule has 0 atom stereocenters. The lowest BCUT2D eigenvalue weighted by molar-refractivity contribution is 0.0953. The van der Waals surface area contributed by atoms with Crippen LogP contribution in [-0.4, -0.2) is 17.4 Å². The van der Waals surface area contributed by atoms with Crippen molar-refractivity contribution in [3.8, 4) is 0 Å². The Morgan fingerprint density at radius 1 is 1.27 bits per heavy atom. The minimum absolute atomic E-state index is 0.243. The number of rotatable bonds is 4. The van der Waals surface area contributed by atoms with Crippen LogP contribution in [0.3, 0.4) is 0 Å². The first-order valence-electron chi connectivity index (χ1n) is 6.77. The van der Waals surface area contributed by atoms with Gasteiger partial charge in [0, 0.05) is 24.5 Å². The van der Waals surface area contributed by atoms with Gasteiger partial charge in [-0.15, -0.1) is 0 Å². The van der Waals surface area contributed by atoms with Crippen LogP contribution in [0, 0.1) is 0 Å². The van der Waals surface area contributed by atoms with Gasteiger partial charge in [-0.1, -0.05) is 18.2 Å². The zero-order valence-corrected chi connectivity index (χ0v) is 13.1. The molecule has 1 aromatic carbocycles. The molecule has 0 aliphatic carbocycles. The van der Waals surface area contributed by atoms with Gasteiger partial charge < -0.3 is 14.7 Å². The van der Waals surface area contributed by atoms with Gasteiger partial charge in [-0.3, -0.25) is 9.59 Å². The number of aromatic nitrogens is 1. The maximum atomic E-state index is 12.0. The Bertz CT molecular complexity index is 849. The standard InChI is InChI=1S/C16H13BrN2O3/c17-13-8-11(9-19-16(13)21)15(20)18-6-5-12-7-10-3-1-2-4-14(10)22-12/h1-4,7-9H,5-6H2,(H,18,20)(H,19,21). The van der Waals surface area contributed by atoms with Crippen molar-refractivity contribution >= 4 is 32.8 Å². The highest BCUT2D eigenvalue weighted by atomic mass is 79.9. The SMILES string of the molecule is O=C(NCCc1cc2ccccc2o1)c1c[nH]c(=O)c(Br)c1. The third-order valence-corrected chi connectivity index (χ3v) is 3.84. The maximum absolute atomic E-state index is 12.0. The predicted octanol–water partition coefficient (Wildman–Crippen LogP) is 2.86. The second-order valence-corrected chi connectivity index (χ2v) is 5.68. The lowest BCUT2D eigenvalue weighted by Crippen LogP contribution is -2.26. The Labute approximate surface area is 134 Å². The van der Waals surface area contributed by atoms with E-state index in [1.165, 1.54) is 12.3 Å². The Morgan fingerprint density at radius 3 is 2.86 bits per heavy atom. The van der Waals surface area contributed by atoms with E-state index in [1.54, 1.807) is 0 Å². The van der Waals surface area contributed by atoms with E-state index >= 15 is 0 Å². The third kappa shape index (κ3) is 3.12. The highest BCUT2D eigenvalue weighted by molar-refractivity contribution is 9.10. The van der Waals surface area contributed by atoms with Crippen LogP contribution in [0.15, 0.2) is 56.3 Å². The second kappa shape index (κ2) is 6.19. The molecular weight excluding hydrogens is 348 g/mol. The van der Waals surface area contributed by atoms with E-state index < -0.39 is 0 Å². The number of aromatic amines is 1. The zero-order valence-electron chi connectivity index (χ0n) is 11.6. The number of nitrogens with one attached hydrogen (secondary N) is 2. The fourth-order valence-corrected chi connectivity index (χ4v) is 2.51. The molecule has 1 amide bonds. The van der Waals surface area contributed by atoms with Gasteiger partial charge >= 0.3 is 0 Å². The van der Waals surface area contributed by atoms with Crippen molar-refractivity contribution in [2.45, 2.75) is 6.42 Å². The maximum Gasteiger partial charge on any atom is 0.262 e. The summed E-state index contributed by atoms with van der Waals surface area (Å²) in [5.41, 5.74) is 0.975.